The van der Waals surface area contributed by atoms with Gasteiger partial charge in [0.15, 0.2) is 0 Å². The summed E-state index contributed by atoms with van der Waals surface area (Å²) in [7, 11) is 1.53. The third-order valence-electron chi connectivity index (χ3n) is 2.61. The highest BCUT2D eigenvalue weighted by atomic mass is 79.9. The Morgan fingerprint density at radius 2 is 2.26 bits per heavy atom. The average Bonchev–Trinajstić information content (AvgIpc) is 2.36. The average molecular weight is 346 g/mol. The third kappa shape index (κ3) is 2.37. The molecule has 0 aliphatic rings. The normalized spacial score (nSPS) is 10.7. The number of hydrogen-bond donors (Lipinski definition) is 0. The van der Waals surface area contributed by atoms with Crippen LogP contribution in [0.4, 0.5) is 0 Å². The van der Waals surface area contributed by atoms with Crippen molar-refractivity contribution in [3.63, 3.8) is 0 Å². The lowest BCUT2D eigenvalue weighted by atomic mass is 10.2. The third-order valence-corrected chi connectivity index (χ3v) is 3.43. The Morgan fingerprint density at radius 3 is 2.89 bits per heavy atom. The number of halogens is 2. The zero-order chi connectivity index (χ0) is 14.2. The lowest BCUT2D eigenvalue weighted by Crippen LogP contribution is -2.27. The van der Waals surface area contributed by atoms with Crippen LogP contribution in [0, 0.1) is 0 Å². The van der Waals surface area contributed by atoms with Gasteiger partial charge in [-0.2, -0.15) is 0 Å². The first-order valence-corrected chi connectivity index (χ1v) is 6.65. The number of fused-ring (bicyclic) bond motifs is 1. The van der Waals surface area contributed by atoms with E-state index in [9.17, 15) is 9.59 Å². The summed E-state index contributed by atoms with van der Waals surface area (Å²) in [6.07, 6.45) is 1.56. The molecule has 0 aliphatic heterocycles. The van der Waals surface area contributed by atoms with E-state index in [1.165, 1.54) is 11.6 Å². The van der Waals surface area contributed by atoms with E-state index in [1.54, 1.807) is 19.2 Å². The van der Waals surface area contributed by atoms with Crippen molar-refractivity contribution < 1.29 is 9.53 Å². The van der Waals surface area contributed by atoms with Crippen molar-refractivity contribution in [3.05, 3.63) is 37.7 Å². The molecule has 0 N–H and O–H groups in total. The monoisotopic (exact) mass is 344 g/mol. The molecule has 0 atom stereocenters. The van der Waals surface area contributed by atoms with Gasteiger partial charge in [-0.15, -0.1) is 0 Å². The van der Waals surface area contributed by atoms with Crippen LogP contribution in [0.5, 0.6) is 0 Å². The maximum Gasteiger partial charge on any atom is 0.345 e. The Hall–Kier alpha value is -1.40. The van der Waals surface area contributed by atoms with Crippen LogP contribution in [0.2, 0.25) is 5.02 Å². The van der Waals surface area contributed by atoms with Crippen LogP contribution in [-0.2, 0) is 11.8 Å². The fourth-order valence-electron chi connectivity index (χ4n) is 1.73. The van der Waals surface area contributed by atoms with E-state index in [0.29, 0.717) is 15.5 Å². The number of carbonyl (C=O) groups is 1. The number of carbonyl (C=O) groups excluding carboxylic acids is 1. The number of pyridine rings is 2. The second-order valence-electron chi connectivity index (χ2n) is 3.80. The SMILES string of the molecule is CCOC(=O)c1c(Cl)c2cc(Br)cnc2n(C)c1=O. The van der Waals surface area contributed by atoms with E-state index < -0.39 is 11.5 Å². The van der Waals surface area contributed by atoms with Crippen molar-refractivity contribution in [2.75, 3.05) is 6.61 Å². The molecule has 0 bridgehead atoms. The quantitative estimate of drug-likeness (QED) is 0.785. The molecule has 100 valence electrons. The number of ether oxygens (including phenoxy) is 1. The largest absolute Gasteiger partial charge is 0.462 e. The van der Waals surface area contributed by atoms with Crippen molar-refractivity contribution in [1.82, 2.24) is 9.55 Å². The minimum Gasteiger partial charge on any atom is -0.462 e. The Labute approximate surface area is 122 Å². The van der Waals surface area contributed by atoms with Gasteiger partial charge in [0.2, 0.25) is 0 Å². The van der Waals surface area contributed by atoms with Crippen LogP contribution in [-0.4, -0.2) is 22.1 Å². The van der Waals surface area contributed by atoms with E-state index >= 15 is 0 Å². The van der Waals surface area contributed by atoms with Crippen molar-refractivity contribution in [2.24, 2.45) is 7.05 Å². The fraction of sp³-hybridized carbons (Fsp3) is 0.250. The van der Waals surface area contributed by atoms with Gasteiger partial charge in [-0.25, -0.2) is 9.78 Å². The van der Waals surface area contributed by atoms with Gasteiger partial charge < -0.3 is 4.74 Å². The number of esters is 1. The fourth-order valence-corrected chi connectivity index (χ4v) is 2.36. The van der Waals surface area contributed by atoms with Gasteiger partial charge >= 0.3 is 5.97 Å². The van der Waals surface area contributed by atoms with E-state index in [0.717, 1.165) is 0 Å². The summed E-state index contributed by atoms with van der Waals surface area (Å²) in [5.41, 5.74) is -0.282. The van der Waals surface area contributed by atoms with E-state index in [4.69, 9.17) is 16.3 Å². The zero-order valence-corrected chi connectivity index (χ0v) is 12.6. The van der Waals surface area contributed by atoms with Crippen LogP contribution in [0.15, 0.2) is 21.5 Å². The smallest absolute Gasteiger partial charge is 0.345 e. The van der Waals surface area contributed by atoms with Crippen molar-refractivity contribution >= 4 is 44.5 Å². The Balaban J connectivity index is 2.86. The first-order valence-electron chi connectivity index (χ1n) is 5.48. The first-order chi connectivity index (χ1) is 8.97. The van der Waals surface area contributed by atoms with Gasteiger partial charge in [-0.1, -0.05) is 11.6 Å². The predicted octanol–water partition coefficient (Wildman–Crippen LogP) is 2.53. The highest BCUT2D eigenvalue weighted by Crippen LogP contribution is 2.26. The summed E-state index contributed by atoms with van der Waals surface area (Å²) in [5.74, 6) is -0.727. The molecule has 5 nitrogen and oxygen atoms in total. The summed E-state index contributed by atoms with van der Waals surface area (Å²) in [6.45, 7) is 1.84. The van der Waals surface area contributed by atoms with Crippen molar-refractivity contribution in [2.45, 2.75) is 6.92 Å². The van der Waals surface area contributed by atoms with Crippen LogP contribution < -0.4 is 5.56 Å². The summed E-state index contributed by atoms with van der Waals surface area (Å²) in [6, 6.07) is 1.70. The number of nitrogens with zero attached hydrogens (tertiary/aromatic N) is 2. The molecule has 2 heterocycles. The molecule has 0 radical (unpaired) electrons. The highest BCUT2D eigenvalue weighted by Gasteiger charge is 2.21. The van der Waals surface area contributed by atoms with Crippen LogP contribution in [0.25, 0.3) is 11.0 Å². The van der Waals surface area contributed by atoms with Crippen LogP contribution in [0.3, 0.4) is 0 Å². The van der Waals surface area contributed by atoms with Crippen LogP contribution in [0.1, 0.15) is 17.3 Å². The van der Waals surface area contributed by atoms with Gasteiger partial charge in [0.25, 0.3) is 5.56 Å². The summed E-state index contributed by atoms with van der Waals surface area (Å²) < 4.78 is 6.84. The molecule has 0 spiro atoms. The number of aromatic nitrogens is 2. The molecule has 0 aromatic carbocycles. The molecular formula is C12H10BrClN2O3. The van der Waals surface area contributed by atoms with Crippen LogP contribution >= 0.6 is 27.5 Å². The van der Waals surface area contributed by atoms with Gasteiger partial charge in [-0.05, 0) is 28.9 Å². The maximum atomic E-state index is 12.1. The lowest BCUT2D eigenvalue weighted by molar-refractivity contribution is 0.0524. The Bertz CT molecular complexity index is 727. The topological polar surface area (TPSA) is 61.2 Å². The number of rotatable bonds is 2. The number of hydrogen-bond acceptors (Lipinski definition) is 4. The summed E-state index contributed by atoms with van der Waals surface area (Å²) >= 11 is 9.42. The van der Waals surface area contributed by atoms with Gasteiger partial charge in [0.1, 0.15) is 11.2 Å². The standard InChI is InChI=1S/C12H10BrClN2O3/c1-3-19-12(18)8-9(14)7-4-6(13)5-15-10(7)16(2)11(8)17/h4-5H,3H2,1-2H3. The molecule has 19 heavy (non-hydrogen) atoms. The van der Waals surface area contributed by atoms with E-state index in [2.05, 4.69) is 20.9 Å². The minimum atomic E-state index is -0.727. The second kappa shape index (κ2) is 5.30. The van der Waals surface area contributed by atoms with E-state index in [-0.39, 0.29) is 17.2 Å². The molecule has 0 amide bonds. The molecule has 0 saturated carbocycles. The lowest BCUT2D eigenvalue weighted by Gasteiger charge is -2.10. The van der Waals surface area contributed by atoms with E-state index in [1.807, 2.05) is 0 Å². The highest BCUT2D eigenvalue weighted by molar-refractivity contribution is 9.10. The maximum absolute atomic E-state index is 12.1. The molecule has 0 saturated heterocycles. The molecule has 0 fully saturated rings. The molecule has 0 aliphatic carbocycles. The van der Waals surface area contributed by atoms with Crippen molar-refractivity contribution in [1.29, 1.82) is 0 Å². The Kier molecular flexibility index (Phi) is 3.91. The molecule has 0 unspecified atom stereocenters. The molecule has 2 aromatic heterocycles. The molecule has 2 rings (SSSR count). The van der Waals surface area contributed by atoms with Gasteiger partial charge in [0, 0.05) is 23.1 Å². The van der Waals surface area contributed by atoms with Gasteiger partial charge in [-0.3, -0.25) is 9.36 Å². The molecular weight excluding hydrogens is 336 g/mol. The minimum absolute atomic E-state index is 0.0605. The predicted molar refractivity (Wildman–Crippen MR) is 75.7 cm³/mol. The van der Waals surface area contributed by atoms with Gasteiger partial charge in [0.05, 0.1) is 11.6 Å². The van der Waals surface area contributed by atoms with Crippen molar-refractivity contribution in [3.8, 4) is 0 Å². The Morgan fingerprint density at radius 1 is 1.58 bits per heavy atom. The molecule has 2 aromatic rings. The number of aryl methyl sites for hydroxylation is 1. The summed E-state index contributed by atoms with van der Waals surface area (Å²) in [5, 5.41) is 0.576. The summed E-state index contributed by atoms with van der Waals surface area (Å²) in [4.78, 5) is 28.1. The zero-order valence-electron chi connectivity index (χ0n) is 10.2. The second-order valence-corrected chi connectivity index (χ2v) is 5.09. The molecule has 7 heteroatoms. The first kappa shape index (κ1) is 14.0.